The molecule has 0 N–H and O–H groups in total. The van der Waals surface area contributed by atoms with Gasteiger partial charge in [0, 0.05) is 9.64 Å². The standard InChI is InChI=1S/C14H7BrClF2IN2/c15-8-4-11-13(5-9(8)18)21(14(6-16)20-11)12-2-1-7(17)3-10(12)19/h1-5H,6H2. The SMILES string of the molecule is Fc1ccc(-n2c(CCl)nc3cc(Br)c(F)cc32)c(I)c1. The second kappa shape index (κ2) is 5.81. The maximum Gasteiger partial charge on any atom is 0.139 e. The summed E-state index contributed by atoms with van der Waals surface area (Å²) in [6, 6.07) is 7.40. The van der Waals surface area contributed by atoms with Gasteiger partial charge in [-0.25, -0.2) is 13.8 Å². The molecule has 2 aromatic carbocycles. The molecule has 0 fully saturated rings. The van der Waals surface area contributed by atoms with Gasteiger partial charge in [-0.1, -0.05) is 0 Å². The molecule has 0 atom stereocenters. The lowest BCUT2D eigenvalue weighted by Crippen LogP contribution is -2.02. The van der Waals surface area contributed by atoms with Crippen LogP contribution in [0, 0.1) is 15.2 Å². The van der Waals surface area contributed by atoms with E-state index in [1.165, 1.54) is 18.2 Å². The molecule has 3 aromatic rings. The summed E-state index contributed by atoms with van der Waals surface area (Å²) < 4.78 is 29.9. The van der Waals surface area contributed by atoms with E-state index in [1.807, 2.05) is 22.6 Å². The van der Waals surface area contributed by atoms with Crippen molar-refractivity contribution in [2.75, 3.05) is 0 Å². The Hall–Kier alpha value is -0.730. The third kappa shape index (κ3) is 2.68. The molecule has 0 aliphatic heterocycles. The average molecular weight is 483 g/mol. The first kappa shape index (κ1) is 15.2. The van der Waals surface area contributed by atoms with Crippen molar-refractivity contribution in [3.63, 3.8) is 0 Å². The number of alkyl halides is 1. The summed E-state index contributed by atoms with van der Waals surface area (Å²) in [7, 11) is 0. The summed E-state index contributed by atoms with van der Waals surface area (Å²) in [5, 5.41) is 0. The minimum atomic E-state index is -0.387. The fourth-order valence-corrected chi connectivity index (χ4v) is 3.37. The van der Waals surface area contributed by atoms with Gasteiger partial charge in [-0.15, -0.1) is 11.6 Å². The van der Waals surface area contributed by atoms with Crippen molar-refractivity contribution in [1.82, 2.24) is 9.55 Å². The Morgan fingerprint density at radius 1 is 1.24 bits per heavy atom. The Balaban J connectivity index is 2.37. The molecule has 0 radical (unpaired) electrons. The van der Waals surface area contributed by atoms with Gasteiger partial charge >= 0.3 is 0 Å². The molecule has 3 rings (SSSR count). The van der Waals surface area contributed by atoms with E-state index in [-0.39, 0.29) is 17.5 Å². The van der Waals surface area contributed by atoms with E-state index in [4.69, 9.17) is 11.6 Å². The number of hydrogen-bond acceptors (Lipinski definition) is 1. The highest BCUT2D eigenvalue weighted by Crippen LogP contribution is 2.29. The summed E-state index contributed by atoms with van der Waals surface area (Å²) >= 11 is 11.1. The van der Waals surface area contributed by atoms with E-state index in [9.17, 15) is 8.78 Å². The molecule has 0 saturated carbocycles. The molecular weight excluding hydrogens is 476 g/mol. The van der Waals surface area contributed by atoms with Gasteiger partial charge in [0.25, 0.3) is 0 Å². The average Bonchev–Trinajstić information content (AvgIpc) is 2.77. The van der Waals surface area contributed by atoms with E-state index in [0.717, 1.165) is 5.69 Å². The molecule has 0 aliphatic rings. The molecular formula is C14H7BrClF2IN2. The van der Waals surface area contributed by atoms with E-state index in [0.29, 0.717) is 24.9 Å². The van der Waals surface area contributed by atoms with Crippen molar-refractivity contribution in [2.24, 2.45) is 0 Å². The lowest BCUT2D eigenvalue weighted by atomic mass is 10.2. The number of hydrogen-bond donors (Lipinski definition) is 0. The van der Waals surface area contributed by atoms with Crippen molar-refractivity contribution in [1.29, 1.82) is 0 Å². The second-order valence-electron chi connectivity index (χ2n) is 4.35. The smallest absolute Gasteiger partial charge is 0.139 e. The van der Waals surface area contributed by atoms with E-state index < -0.39 is 0 Å². The number of fused-ring (bicyclic) bond motifs is 1. The Kier molecular flexibility index (Phi) is 4.20. The van der Waals surface area contributed by atoms with Gasteiger partial charge in [0.05, 0.1) is 27.1 Å². The molecule has 0 bridgehead atoms. The summed E-state index contributed by atoms with van der Waals surface area (Å²) in [5.41, 5.74) is 1.94. The van der Waals surface area contributed by atoms with Crippen molar-refractivity contribution >= 4 is 61.2 Å². The normalized spacial score (nSPS) is 11.3. The second-order valence-corrected chi connectivity index (χ2v) is 6.63. The first-order valence-corrected chi connectivity index (χ1v) is 8.29. The fourth-order valence-electron chi connectivity index (χ4n) is 2.14. The van der Waals surface area contributed by atoms with Crippen LogP contribution in [0.3, 0.4) is 0 Å². The Morgan fingerprint density at radius 2 is 2.00 bits per heavy atom. The quantitative estimate of drug-likeness (QED) is 0.352. The van der Waals surface area contributed by atoms with Crippen molar-refractivity contribution in [3.8, 4) is 5.69 Å². The zero-order valence-corrected chi connectivity index (χ0v) is 14.9. The van der Waals surface area contributed by atoms with Crippen molar-refractivity contribution < 1.29 is 8.78 Å². The van der Waals surface area contributed by atoms with E-state index >= 15 is 0 Å². The molecule has 0 spiro atoms. The highest BCUT2D eigenvalue weighted by Gasteiger charge is 2.16. The zero-order valence-electron chi connectivity index (χ0n) is 10.4. The topological polar surface area (TPSA) is 17.8 Å². The highest BCUT2D eigenvalue weighted by atomic mass is 127. The number of rotatable bonds is 2. The van der Waals surface area contributed by atoms with E-state index in [1.54, 1.807) is 16.7 Å². The van der Waals surface area contributed by atoms with Gasteiger partial charge in [0.1, 0.15) is 17.5 Å². The van der Waals surface area contributed by atoms with Crippen LogP contribution >= 0.6 is 50.1 Å². The number of halogens is 5. The molecule has 0 saturated heterocycles. The van der Waals surface area contributed by atoms with Gasteiger partial charge in [-0.05, 0) is 62.8 Å². The predicted octanol–water partition coefficient (Wildman–Crippen LogP) is 5.41. The molecule has 0 aliphatic carbocycles. The molecule has 7 heteroatoms. The lowest BCUT2D eigenvalue weighted by Gasteiger charge is -2.10. The Labute approximate surface area is 146 Å². The van der Waals surface area contributed by atoms with Gasteiger partial charge in [0.15, 0.2) is 0 Å². The maximum atomic E-state index is 13.8. The minimum Gasteiger partial charge on any atom is -0.294 e. The van der Waals surface area contributed by atoms with Crippen LogP contribution in [-0.2, 0) is 5.88 Å². The van der Waals surface area contributed by atoms with Crippen LogP contribution in [-0.4, -0.2) is 9.55 Å². The summed E-state index contributed by atoms with van der Waals surface area (Å²) in [5.74, 6) is 0.0333. The Morgan fingerprint density at radius 3 is 2.67 bits per heavy atom. The third-order valence-electron chi connectivity index (χ3n) is 3.04. The first-order valence-electron chi connectivity index (χ1n) is 5.89. The van der Waals surface area contributed by atoms with Crippen LogP contribution in [0.4, 0.5) is 8.78 Å². The Bertz CT molecular complexity index is 851. The predicted molar refractivity (Wildman–Crippen MR) is 91.0 cm³/mol. The fraction of sp³-hybridized carbons (Fsp3) is 0.0714. The van der Waals surface area contributed by atoms with Gasteiger partial charge < -0.3 is 0 Å². The molecule has 21 heavy (non-hydrogen) atoms. The monoisotopic (exact) mass is 482 g/mol. The number of benzene rings is 2. The van der Waals surface area contributed by atoms with Crippen LogP contribution in [0.2, 0.25) is 0 Å². The lowest BCUT2D eigenvalue weighted by molar-refractivity contribution is 0.622. The highest BCUT2D eigenvalue weighted by molar-refractivity contribution is 14.1. The number of imidazole rings is 1. The molecule has 2 nitrogen and oxygen atoms in total. The molecule has 1 heterocycles. The summed E-state index contributed by atoms with van der Waals surface area (Å²) in [4.78, 5) is 4.41. The third-order valence-corrected chi connectivity index (χ3v) is 4.75. The van der Waals surface area contributed by atoms with Crippen LogP contribution in [0.5, 0.6) is 0 Å². The van der Waals surface area contributed by atoms with Crippen LogP contribution < -0.4 is 0 Å². The molecule has 0 unspecified atom stereocenters. The van der Waals surface area contributed by atoms with Crippen LogP contribution in [0.25, 0.3) is 16.7 Å². The largest absolute Gasteiger partial charge is 0.294 e. The summed E-state index contributed by atoms with van der Waals surface area (Å²) in [6.45, 7) is 0. The zero-order chi connectivity index (χ0) is 15.1. The van der Waals surface area contributed by atoms with Crippen molar-refractivity contribution in [3.05, 3.63) is 55.8 Å². The van der Waals surface area contributed by atoms with Gasteiger partial charge in [-0.3, -0.25) is 4.57 Å². The van der Waals surface area contributed by atoms with Gasteiger partial charge in [-0.2, -0.15) is 0 Å². The van der Waals surface area contributed by atoms with Gasteiger partial charge in [0.2, 0.25) is 0 Å². The summed E-state index contributed by atoms with van der Waals surface area (Å²) in [6.07, 6.45) is 0. The van der Waals surface area contributed by atoms with E-state index in [2.05, 4.69) is 20.9 Å². The molecule has 0 amide bonds. The van der Waals surface area contributed by atoms with Crippen LogP contribution in [0.1, 0.15) is 5.82 Å². The molecule has 108 valence electrons. The number of nitrogens with zero attached hydrogens (tertiary/aromatic N) is 2. The van der Waals surface area contributed by atoms with Crippen LogP contribution in [0.15, 0.2) is 34.8 Å². The minimum absolute atomic E-state index is 0.168. The number of aromatic nitrogens is 2. The maximum absolute atomic E-state index is 13.8. The first-order chi connectivity index (χ1) is 10.0. The molecule has 1 aromatic heterocycles. The van der Waals surface area contributed by atoms with Crippen molar-refractivity contribution in [2.45, 2.75) is 5.88 Å².